The second-order valence-corrected chi connectivity index (χ2v) is 8.85. The number of amides is 1. The van der Waals surface area contributed by atoms with E-state index in [1.165, 1.54) is 0 Å². The standard InChI is InChI=1S/C21H24FN3O2/c1-20(2)11-14(20)18(26)24-19-23-15-9-8-12(10-21(3,4)27)16(22)17(15)25(19)13-6-5-7-13/h5-9,14,27H,10-11H2,1-4H3,(H,23,24,26)/t14-/m1/s1. The van der Waals surface area contributed by atoms with Crippen LogP contribution >= 0.6 is 0 Å². The number of aromatic nitrogens is 2. The highest BCUT2D eigenvalue weighted by molar-refractivity contribution is 5.97. The van der Waals surface area contributed by atoms with Gasteiger partial charge in [0.1, 0.15) is 5.52 Å². The summed E-state index contributed by atoms with van der Waals surface area (Å²) in [7, 11) is 0. The van der Waals surface area contributed by atoms with E-state index in [0.29, 0.717) is 22.5 Å². The van der Waals surface area contributed by atoms with E-state index in [9.17, 15) is 9.90 Å². The fraction of sp³-hybridized carbons (Fsp3) is 0.429. The van der Waals surface area contributed by atoms with Gasteiger partial charge in [0.15, 0.2) is 5.82 Å². The van der Waals surface area contributed by atoms with Crippen LogP contribution in [-0.4, -0.2) is 26.2 Å². The number of imidazole rings is 1. The Morgan fingerprint density at radius 2 is 2.11 bits per heavy atom. The third-order valence-electron chi connectivity index (χ3n) is 5.32. The second-order valence-electron chi connectivity index (χ2n) is 8.85. The van der Waals surface area contributed by atoms with Gasteiger partial charge >= 0.3 is 0 Å². The fourth-order valence-corrected chi connectivity index (χ4v) is 3.55. The minimum atomic E-state index is -1.02. The first-order valence-electron chi connectivity index (χ1n) is 9.19. The number of benzene rings is 1. The van der Waals surface area contributed by atoms with Crippen molar-refractivity contribution in [3.63, 3.8) is 0 Å². The molecule has 0 saturated heterocycles. The lowest BCUT2D eigenvalue weighted by Gasteiger charge is -2.18. The van der Waals surface area contributed by atoms with Crippen LogP contribution in [0.4, 0.5) is 10.3 Å². The molecule has 27 heavy (non-hydrogen) atoms. The predicted molar refractivity (Wildman–Crippen MR) is 104 cm³/mol. The smallest absolute Gasteiger partial charge is 0.230 e. The molecule has 0 radical (unpaired) electrons. The summed E-state index contributed by atoms with van der Waals surface area (Å²) < 4.78 is 16.9. The topological polar surface area (TPSA) is 67.2 Å². The summed E-state index contributed by atoms with van der Waals surface area (Å²) >= 11 is 0. The van der Waals surface area contributed by atoms with Gasteiger partial charge in [-0.3, -0.25) is 14.7 Å². The molecule has 1 aromatic carbocycles. The van der Waals surface area contributed by atoms with E-state index in [0.717, 1.165) is 12.1 Å². The number of nitrogens with zero attached hydrogens (tertiary/aromatic N) is 2. The summed E-state index contributed by atoms with van der Waals surface area (Å²) in [5.74, 6) is -0.229. The highest BCUT2D eigenvalue weighted by Crippen LogP contribution is 2.52. The summed E-state index contributed by atoms with van der Waals surface area (Å²) in [6, 6.07) is 3.38. The summed E-state index contributed by atoms with van der Waals surface area (Å²) in [6.45, 7) is 7.41. The minimum absolute atomic E-state index is 0.00168. The molecular formula is C21H24FN3O2. The molecule has 2 aromatic rings. The number of fused-ring (bicyclic) bond motifs is 1. The Morgan fingerprint density at radius 1 is 1.44 bits per heavy atom. The van der Waals surface area contributed by atoms with E-state index in [4.69, 9.17) is 0 Å². The molecule has 0 spiro atoms. The molecule has 1 heterocycles. The van der Waals surface area contributed by atoms with Gasteiger partial charge in [-0.2, -0.15) is 0 Å². The van der Waals surface area contributed by atoms with Crippen molar-refractivity contribution in [2.45, 2.75) is 46.1 Å². The van der Waals surface area contributed by atoms with Gasteiger partial charge < -0.3 is 5.11 Å². The van der Waals surface area contributed by atoms with Crippen LogP contribution in [-0.2, 0) is 11.2 Å². The second kappa shape index (κ2) is 5.76. The normalized spacial score (nSPS) is 20.4. The van der Waals surface area contributed by atoms with E-state index in [-0.39, 0.29) is 23.7 Å². The zero-order chi connectivity index (χ0) is 19.6. The lowest BCUT2D eigenvalue weighted by atomic mass is 9.98. The molecule has 5 nitrogen and oxygen atoms in total. The molecule has 1 aromatic heterocycles. The van der Waals surface area contributed by atoms with Gasteiger partial charge in [0, 0.05) is 18.0 Å². The number of halogens is 1. The van der Waals surface area contributed by atoms with Crippen LogP contribution in [0.2, 0.25) is 0 Å². The minimum Gasteiger partial charge on any atom is -0.390 e. The molecule has 0 bridgehead atoms. The van der Waals surface area contributed by atoms with Crippen LogP contribution in [0, 0.1) is 17.2 Å². The molecule has 0 aliphatic heterocycles. The number of hydrogen-bond acceptors (Lipinski definition) is 3. The third-order valence-corrected chi connectivity index (χ3v) is 5.32. The Bertz CT molecular complexity index is 1010. The van der Waals surface area contributed by atoms with Crippen LogP contribution < -0.4 is 5.32 Å². The molecular weight excluding hydrogens is 345 g/mol. The lowest BCUT2D eigenvalue weighted by molar-refractivity contribution is -0.118. The van der Waals surface area contributed by atoms with Gasteiger partial charge in [0.25, 0.3) is 0 Å². The van der Waals surface area contributed by atoms with Crippen molar-refractivity contribution in [1.29, 1.82) is 0 Å². The SMILES string of the molecule is CC(C)(O)Cc1ccc2nc(NC(=O)[C@H]3CC3(C)C)n(C3=CC=C3)c2c1F. The van der Waals surface area contributed by atoms with Gasteiger partial charge in [-0.05, 0) is 49.5 Å². The van der Waals surface area contributed by atoms with E-state index >= 15 is 4.39 Å². The van der Waals surface area contributed by atoms with Gasteiger partial charge in [-0.1, -0.05) is 26.0 Å². The number of carbonyl (C=O) groups is 1. The zero-order valence-corrected chi connectivity index (χ0v) is 16.0. The monoisotopic (exact) mass is 369 g/mol. The average molecular weight is 369 g/mol. The summed E-state index contributed by atoms with van der Waals surface area (Å²) in [5, 5.41) is 13.0. The van der Waals surface area contributed by atoms with Crippen LogP contribution in [0.1, 0.15) is 39.7 Å². The van der Waals surface area contributed by atoms with Crippen LogP contribution in [0.5, 0.6) is 0 Å². The average Bonchev–Trinajstić information content (AvgIpc) is 2.99. The van der Waals surface area contributed by atoms with Crippen LogP contribution in [0.25, 0.3) is 16.7 Å². The number of aliphatic hydroxyl groups is 1. The Hall–Kier alpha value is -2.47. The van der Waals surface area contributed by atoms with Crippen molar-refractivity contribution in [1.82, 2.24) is 9.55 Å². The molecule has 1 atom stereocenters. The van der Waals surface area contributed by atoms with Crippen molar-refractivity contribution in [3.05, 3.63) is 41.7 Å². The summed E-state index contributed by atoms with van der Waals surface area (Å²) in [6.07, 6.45) is 6.58. The van der Waals surface area contributed by atoms with Crippen molar-refractivity contribution in [2.24, 2.45) is 11.3 Å². The molecule has 0 unspecified atom stereocenters. The number of anilines is 1. The maximum absolute atomic E-state index is 15.3. The molecule has 6 heteroatoms. The number of carbonyl (C=O) groups excluding carboxylic acids is 1. The first kappa shape index (κ1) is 17.9. The summed E-state index contributed by atoms with van der Waals surface area (Å²) in [5.41, 5.74) is 0.949. The first-order valence-corrected chi connectivity index (χ1v) is 9.19. The fourth-order valence-electron chi connectivity index (χ4n) is 3.55. The van der Waals surface area contributed by atoms with Crippen molar-refractivity contribution in [2.75, 3.05) is 5.32 Å². The Labute approximate surface area is 157 Å². The van der Waals surface area contributed by atoms with Gasteiger partial charge in [-0.25, -0.2) is 9.37 Å². The van der Waals surface area contributed by atoms with E-state index in [2.05, 4.69) is 24.1 Å². The number of rotatable bonds is 5. The number of hydrogen-bond donors (Lipinski definition) is 2. The Kier molecular flexibility index (Phi) is 3.82. The molecule has 2 aliphatic rings. The van der Waals surface area contributed by atoms with Gasteiger partial charge in [0.05, 0.1) is 11.1 Å². The highest BCUT2D eigenvalue weighted by Gasteiger charge is 2.50. The van der Waals surface area contributed by atoms with Crippen molar-refractivity contribution < 1.29 is 14.3 Å². The molecule has 2 aliphatic carbocycles. The highest BCUT2D eigenvalue weighted by atomic mass is 19.1. The summed E-state index contributed by atoms with van der Waals surface area (Å²) in [4.78, 5) is 17.0. The molecule has 4 rings (SSSR count). The molecule has 2 N–H and O–H groups in total. The van der Waals surface area contributed by atoms with E-state index in [1.807, 2.05) is 18.2 Å². The number of allylic oxidation sites excluding steroid dienone is 4. The third kappa shape index (κ3) is 3.18. The molecule has 1 amide bonds. The van der Waals surface area contributed by atoms with E-state index < -0.39 is 11.4 Å². The quantitative estimate of drug-likeness (QED) is 0.840. The Morgan fingerprint density at radius 3 is 2.63 bits per heavy atom. The maximum atomic E-state index is 15.3. The van der Waals surface area contributed by atoms with E-state index in [1.54, 1.807) is 30.5 Å². The van der Waals surface area contributed by atoms with Crippen molar-refractivity contribution >= 4 is 28.6 Å². The van der Waals surface area contributed by atoms with Crippen LogP contribution in [0.3, 0.4) is 0 Å². The largest absolute Gasteiger partial charge is 0.390 e. The molecule has 142 valence electrons. The van der Waals surface area contributed by atoms with Crippen LogP contribution in [0.15, 0.2) is 30.4 Å². The molecule has 1 saturated carbocycles. The van der Waals surface area contributed by atoms with Crippen molar-refractivity contribution in [3.8, 4) is 0 Å². The number of nitrogens with one attached hydrogen (secondary N) is 1. The first-order chi connectivity index (χ1) is 12.6. The molecule has 1 fully saturated rings. The zero-order valence-electron chi connectivity index (χ0n) is 16.0. The lowest BCUT2D eigenvalue weighted by Crippen LogP contribution is -2.22. The van der Waals surface area contributed by atoms with Gasteiger partial charge in [0.2, 0.25) is 11.9 Å². The van der Waals surface area contributed by atoms with Gasteiger partial charge in [-0.15, -0.1) is 0 Å². The predicted octanol–water partition coefficient (Wildman–Crippen LogP) is 3.88. The Balaban J connectivity index is 1.78. The maximum Gasteiger partial charge on any atom is 0.230 e.